The molecule has 0 N–H and O–H groups in total. The maximum absolute atomic E-state index is 12.1. The van der Waals surface area contributed by atoms with Crippen LogP contribution >= 0.6 is 0 Å². The van der Waals surface area contributed by atoms with Gasteiger partial charge in [0.1, 0.15) is 11.5 Å². The van der Waals surface area contributed by atoms with Gasteiger partial charge >= 0.3 is 0 Å². The van der Waals surface area contributed by atoms with Crippen molar-refractivity contribution in [3.8, 4) is 11.3 Å². The summed E-state index contributed by atoms with van der Waals surface area (Å²) in [5, 5.41) is 11.3. The molecule has 0 aliphatic carbocycles. The second kappa shape index (κ2) is 7.19. The third-order valence-corrected chi connectivity index (χ3v) is 4.16. The van der Waals surface area contributed by atoms with E-state index in [1.165, 1.54) is 6.08 Å². The van der Waals surface area contributed by atoms with Crippen molar-refractivity contribution in [2.45, 2.75) is 13.8 Å². The van der Waals surface area contributed by atoms with Crippen LogP contribution in [0, 0.1) is 24.0 Å². The van der Waals surface area contributed by atoms with Crippen LogP contribution < -0.4 is 0 Å². The monoisotopic (exact) mass is 347 g/mol. The molecule has 0 radical (unpaired) electrons. The van der Waals surface area contributed by atoms with Gasteiger partial charge in [-0.2, -0.15) is 0 Å². The molecule has 0 fully saturated rings. The van der Waals surface area contributed by atoms with Gasteiger partial charge < -0.3 is 4.42 Å². The molecule has 0 atom stereocenters. The van der Waals surface area contributed by atoms with E-state index >= 15 is 0 Å². The van der Waals surface area contributed by atoms with Gasteiger partial charge in [-0.25, -0.2) is 0 Å². The van der Waals surface area contributed by atoms with Crippen molar-refractivity contribution >= 4 is 17.5 Å². The average Bonchev–Trinajstić information content (AvgIpc) is 3.11. The normalized spacial score (nSPS) is 11.0. The van der Waals surface area contributed by atoms with Gasteiger partial charge in [0.05, 0.1) is 10.5 Å². The van der Waals surface area contributed by atoms with Crippen molar-refractivity contribution in [1.29, 1.82) is 0 Å². The third kappa shape index (κ3) is 3.62. The van der Waals surface area contributed by atoms with Crippen LogP contribution in [0.4, 0.5) is 5.69 Å². The van der Waals surface area contributed by atoms with Gasteiger partial charge in [-0.15, -0.1) is 0 Å². The number of benzene rings is 2. The van der Waals surface area contributed by atoms with E-state index in [2.05, 4.69) is 0 Å². The van der Waals surface area contributed by atoms with Crippen molar-refractivity contribution in [3.63, 3.8) is 0 Å². The number of carbonyl (C=O) groups excluding carboxylic acids is 1. The van der Waals surface area contributed by atoms with Gasteiger partial charge in [-0.1, -0.05) is 30.3 Å². The molecular weight excluding hydrogens is 330 g/mol. The summed E-state index contributed by atoms with van der Waals surface area (Å²) < 4.78 is 5.70. The molecule has 26 heavy (non-hydrogen) atoms. The minimum atomic E-state index is -0.418. The molecule has 0 aliphatic rings. The number of allylic oxidation sites excluding steroid dienone is 1. The fourth-order valence-electron chi connectivity index (χ4n) is 2.59. The SMILES string of the molecule is Cc1cc(-c2ccc(/C=C/C(=O)c3ccccc3)o2)c([N+](=O)[O-])cc1C. The number of rotatable bonds is 5. The van der Waals surface area contributed by atoms with Crippen LogP contribution in [0.5, 0.6) is 0 Å². The van der Waals surface area contributed by atoms with Gasteiger partial charge in [0.2, 0.25) is 0 Å². The minimum Gasteiger partial charge on any atom is -0.456 e. The highest BCUT2D eigenvalue weighted by atomic mass is 16.6. The van der Waals surface area contributed by atoms with Crippen LogP contribution in [0.2, 0.25) is 0 Å². The van der Waals surface area contributed by atoms with Crippen molar-refractivity contribution in [1.82, 2.24) is 0 Å². The largest absolute Gasteiger partial charge is 0.456 e. The van der Waals surface area contributed by atoms with E-state index in [4.69, 9.17) is 4.42 Å². The van der Waals surface area contributed by atoms with E-state index in [0.717, 1.165) is 11.1 Å². The lowest BCUT2D eigenvalue weighted by Crippen LogP contribution is -1.94. The molecule has 2 aromatic carbocycles. The van der Waals surface area contributed by atoms with E-state index in [1.54, 1.807) is 54.6 Å². The molecule has 1 aromatic heterocycles. The third-order valence-electron chi connectivity index (χ3n) is 4.16. The van der Waals surface area contributed by atoms with Crippen LogP contribution in [0.3, 0.4) is 0 Å². The Morgan fingerprint density at radius 1 is 1.04 bits per heavy atom. The fraction of sp³-hybridized carbons (Fsp3) is 0.0952. The van der Waals surface area contributed by atoms with Crippen molar-refractivity contribution in [2.24, 2.45) is 0 Å². The standard InChI is InChI=1S/C21H17NO4/c1-14-12-18(19(22(24)25)13-15(14)2)21-11-9-17(26-21)8-10-20(23)16-6-4-3-5-7-16/h3-13H,1-2H3/b10-8+. The molecule has 3 aromatic rings. The molecule has 0 bridgehead atoms. The van der Waals surface area contributed by atoms with Gasteiger partial charge in [0.15, 0.2) is 5.78 Å². The van der Waals surface area contributed by atoms with E-state index < -0.39 is 4.92 Å². The quantitative estimate of drug-likeness (QED) is 0.269. The zero-order chi connectivity index (χ0) is 18.7. The number of furan rings is 1. The molecule has 130 valence electrons. The smallest absolute Gasteiger partial charge is 0.280 e. The Kier molecular flexibility index (Phi) is 4.80. The number of aryl methyl sites for hydroxylation is 2. The number of hydrogen-bond acceptors (Lipinski definition) is 4. The van der Waals surface area contributed by atoms with Crippen molar-refractivity contribution in [3.05, 3.63) is 93.2 Å². The Hall–Kier alpha value is -3.47. The number of hydrogen-bond donors (Lipinski definition) is 0. The van der Waals surface area contributed by atoms with Gasteiger partial charge in [-0.05, 0) is 55.3 Å². The Bertz CT molecular complexity index is 1000. The summed E-state index contributed by atoms with van der Waals surface area (Å²) in [5.41, 5.74) is 2.80. The minimum absolute atomic E-state index is 0.00154. The predicted molar refractivity (Wildman–Crippen MR) is 100 cm³/mol. The first kappa shape index (κ1) is 17.4. The lowest BCUT2D eigenvalue weighted by molar-refractivity contribution is -0.384. The van der Waals surface area contributed by atoms with Crippen LogP contribution in [0.15, 0.2) is 65.1 Å². The lowest BCUT2D eigenvalue weighted by atomic mass is 10.0. The molecule has 0 saturated carbocycles. The summed E-state index contributed by atoms with van der Waals surface area (Å²) in [6.07, 6.45) is 2.98. The number of nitrogens with zero attached hydrogens (tertiary/aromatic N) is 1. The van der Waals surface area contributed by atoms with Crippen LogP contribution in [-0.4, -0.2) is 10.7 Å². The summed E-state index contributed by atoms with van der Waals surface area (Å²) in [4.78, 5) is 23.0. The zero-order valence-electron chi connectivity index (χ0n) is 14.4. The molecule has 5 nitrogen and oxygen atoms in total. The van der Waals surface area contributed by atoms with Crippen LogP contribution in [0.1, 0.15) is 27.2 Å². The van der Waals surface area contributed by atoms with E-state index in [-0.39, 0.29) is 11.5 Å². The Balaban J connectivity index is 1.89. The number of ketones is 1. The number of nitro groups is 1. The molecule has 5 heteroatoms. The maximum Gasteiger partial charge on any atom is 0.280 e. The second-order valence-corrected chi connectivity index (χ2v) is 5.98. The Labute approximate surface area is 150 Å². The number of carbonyl (C=O) groups is 1. The molecule has 3 rings (SSSR count). The highest BCUT2D eigenvalue weighted by molar-refractivity contribution is 6.06. The molecule has 0 spiro atoms. The lowest BCUT2D eigenvalue weighted by Gasteiger charge is -2.04. The summed E-state index contributed by atoms with van der Waals surface area (Å²) in [7, 11) is 0. The average molecular weight is 347 g/mol. The number of nitro benzene ring substituents is 1. The van der Waals surface area contributed by atoms with Crippen LogP contribution in [0.25, 0.3) is 17.4 Å². The first-order chi connectivity index (χ1) is 12.5. The first-order valence-corrected chi connectivity index (χ1v) is 8.09. The zero-order valence-corrected chi connectivity index (χ0v) is 14.4. The Morgan fingerprint density at radius 2 is 1.73 bits per heavy atom. The molecule has 0 aliphatic heterocycles. The summed E-state index contributed by atoms with van der Waals surface area (Å²) in [5.74, 6) is 0.712. The fourth-order valence-corrected chi connectivity index (χ4v) is 2.59. The second-order valence-electron chi connectivity index (χ2n) is 5.98. The Morgan fingerprint density at radius 3 is 2.42 bits per heavy atom. The van der Waals surface area contributed by atoms with E-state index in [9.17, 15) is 14.9 Å². The molecule has 0 saturated heterocycles. The summed E-state index contributed by atoms with van der Waals surface area (Å²) in [6, 6.07) is 15.5. The molecule has 0 unspecified atom stereocenters. The highest BCUT2D eigenvalue weighted by Crippen LogP contribution is 2.33. The van der Waals surface area contributed by atoms with Gasteiger partial charge in [0.25, 0.3) is 5.69 Å². The molecule has 0 amide bonds. The van der Waals surface area contributed by atoms with E-state index in [1.807, 2.05) is 19.9 Å². The molecular formula is C21H17NO4. The van der Waals surface area contributed by atoms with Crippen molar-refractivity contribution < 1.29 is 14.1 Å². The first-order valence-electron chi connectivity index (χ1n) is 8.09. The highest BCUT2D eigenvalue weighted by Gasteiger charge is 2.19. The topological polar surface area (TPSA) is 73.3 Å². The molecule has 1 heterocycles. The summed E-state index contributed by atoms with van der Waals surface area (Å²) >= 11 is 0. The predicted octanol–water partition coefficient (Wildman–Crippen LogP) is 5.37. The van der Waals surface area contributed by atoms with Crippen LogP contribution in [-0.2, 0) is 0 Å². The van der Waals surface area contributed by atoms with Gasteiger partial charge in [-0.3, -0.25) is 14.9 Å². The van der Waals surface area contributed by atoms with E-state index in [0.29, 0.717) is 22.6 Å². The van der Waals surface area contributed by atoms with Gasteiger partial charge in [0, 0.05) is 11.6 Å². The van der Waals surface area contributed by atoms with Crippen molar-refractivity contribution in [2.75, 3.05) is 0 Å². The maximum atomic E-state index is 12.1. The summed E-state index contributed by atoms with van der Waals surface area (Å²) in [6.45, 7) is 3.72.